The fraction of sp³-hybridized carbons (Fsp3) is 0.438. The zero-order valence-corrected chi connectivity index (χ0v) is 15.7. The molecule has 2 aromatic rings. The minimum atomic E-state index is -0.544. The molecule has 0 radical (unpaired) electrons. The Kier molecular flexibility index (Phi) is 4.53. The van der Waals surface area contributed by atoms with Crippen molar-refractivity contribution in [3.8, 4) is 0 Å². The van der Waals surface area contributed by atoms with E-state index in [2.05, 4.69) is 14.1 Å². The molecule has 26 heavy (non-hydrogen) atoms. The van der Waals surface area contributed by atoms with Gasteiger partial charge < -0.3 is 10.2 Å². The SMILES string of the molecule is CSCC(=O)NC1CCN2C(=O)N(c3cccc4nsnc34)C(=O)C2C1. The number of rotatable bonds is 4. The third-order valence-corrected chi connectivity index (χ3v) is 5.78. The molecule has 8 nitrogen and oxygen atoms in total. The molecule has 1 aromatic heterocycles. The molecular formula is C16H17N5O3S2. The van der Waals surface area contributed by atoms with Crippen molar-refractivity contribution in [2.45, 2.75) is 24.9 Å². The molecule has 2 atom stereocenters. The number of nitrogens with one attached hydrogen (secondary N) is 1. The van der Waals surface area contributed by atoms with Gasteiger partial charge in [-0.2, -0.15) is 20.5 Å². The molecule has 0 bridgehead atoms. The topological polar surface area (TPSA) is 95.5 Å². The van der Waals surface area contributed by atoms with Crippen LogP contribution in [0, 0.1) is 0 Å². The number of hydrogen-bond donors (Lipinski definition) is 1. The van der Waals surface area contributed by atoms with Crippen LogP contribution in [-0.2, 0) is 9.59 Å². The molecule has 10 heteroatoms. The second-order valence-electron chi connectivity index (χ2n) is 6.30. The van der Waals surface area contributed by atoms with E-state index in [9.17, 15) is 14.4 Å². The number of carbonyl (C=O) groups is 3. The number of imide groups is 1. The normalized spacial score (nSPS) is 22.8. The lowest BCUT2D eigenvalue weighted by Crippen LogP contribution is -2.50. The van der Waals surface area contributed by atoms with Crippen LogP contribution in [0.1, 0.15) is 12.8 Å². The lowest BCUT2D eigenvalue weighted by Gasteiger charge is -2.32. The third kappa shape index (κ3) is 2.82. The van der Waals surface area contributed by atoms with Crippen molar-refractivity contribution < 1.29 is 14.4 Å². The van der Waals surface area contributed by atoms with Crippen molar-refractivity contribution in [1.82, 2.24) is 19.0 Å². The molecule has 2 aliphatic heterocycles. The lowest BCUT2D eigenvalue weighted by molar-refractivity contribution is -0.123. The van der Waals surface area contributed by atoms with E-state index in [1.54, 1.807) is 23.1 Å². The molecular weight excluding hydrogens is 374 g/mol. The molecule has 4 rings (SSSR count). The first-order valence-electron chi connectivity index (χ1n) is 8.24. The summed E-state index contributed by atoms with van der Waals surface area (Å²) in [6.45, 7) is 0.446. The van der Waals surface area contributed by atoms with Crippen LogP contribution >= 0.6 is 23.5 Å². The van der Waals surface area contributed by atoms with E-state index in [1.165, 1.54) is 16.7 Å². The maximum Gasteiger partial charge on any atom is 0.332 e. The van der Waals surface area contributed by atoms with Crippen LogP contribution in [0.25, 0.3) is 11.0 Å². The Balaban J connectivity index is 1.58. The summed E-state index contributed by atoms with van der Waals surface area (Å²) in [5.41, 5.74) is 1.70. The van der Waals surface area contributed by atoms with E-state index in [-0.39, 0.29) is 23.9 Å². The van der Waals surface area contributed by atoms with Crippen LogP contribution in [0.4, 0.5) is 10.5 Å². The Morgan fingerprint density at radius 1 is 1.38 bits per heavy atom. The first-order valence-corrected chi connectivity index (χ1v) is 10.4. The largest absolute Gasteiger partial charge is 0.352 e. The Morgan fingerprint density at radius 2 is 2.23 bits per heavy atom. The number of nitrogens with zero attached hydrogens (tertiary/aromatic N) is 4. The predicted molar refractivity (Wildman–Crippen MR) is 100 cm³/mol. The Bertz CT molecular complexity index is 886. The van der Waals surface area contributed by atoms with Crippen molar-refractivity contribution >= 4 is 58.1 Å². The number of aromatic nitrogens is 2. The fourth-order valence-electron chi connectivity index (χ4n) is 3.53. The van der Waals surface area contributed by atoms with Crippen molar-refractivity contribution in [3.63, 3.8) is 0 Å². The summed E-state index contributed by atoms with van der Waals surface area (Å²) < 4.78 is 8.40. The number of anilines is 1. The summed E-state index contributed by atoms with van der Waals surface area (Å²) in [5.74, 6) is 0.0881. The van der Waals surface area contributed by atoms with Gasteiger partial charge in [0.15, 0.2) is 0 Å². The van der Waals surface area contributed by atoms with Gasteiger partial charge in [-0.3, -0.25) is 9.59 Å². The van der Waals surface area contributed by atoms with Gasteiger partial charge in [-0.15, -0.1) is 0 Å². The maximum absolute atomic E-state index is 13.0. The molecule has 0 aliphatic carbocycles. The van der Waals surface area contributed by atoms with E-state index >= 15 is 0 Å². The number of fused-ring (bicyclic) bond motifs is 2. The number of hydrogen-bond acceptors (Lipinski definition) is 7. The summed E-state index contributed by atoms with van der Waals surface area (Å²) in [6.07, 6.45) is 2.95. The van der Waals surface area contributed by atoms with Gasteiger partial charge in [0.25, 0.3) is 5.91 Å². The lowest BCUT2D eigenvalue weighted by atomic mass is 9.98. The molecule has 2 aliphatic rings. The van der Waals surface area contributed by atoms with Crippen molar-refractivity contribution in [1.29, 1.82) is 0 Å². The summed E-state index contributed by atoms with van der Waals surface area (Å²) in [5, 5.41) is 2.96. The monoisotopic (exact) mass is 391 g/mol. The van der Waals surface area contributed by atoms with Gasteiger partial charge in [-0.25, -0.2) is 9.69 Å². The van der Waals surface area contributed by atoms with Gasteiger partial charge in [0.1, 0.15) is 17.1 Å². The zero-order chi connectivity index (χ0) is 18.3. The van der Waals surface area contributed by atoms with Crippen molar-refractivity contribution in [2.75, 3.05) is 23.5 Å². The first-order chi connectivity index (χ1) is 12.6. The zero-order valence-electron chi connectivity index (χ0n) is 14.0. The van der Waals surface area contributed by atoms with Gasteiger partial charge >= 0.3 is 6.03 Å². The molecule has 136 valence electrons. The molecule has 1 N–H and O–H groups in total. The van der Waals surface area contributed by atoms with E-state index in [0.717, 1.165) is 11.7 Å². The number of urea groups is 1. The van der Waals surface area contributed by atoms with Crippen LogP contribution < -0.4 is 10.2 Å². The first kappa shape index (κ1) is 17.2. The van der Waals surface area contributed by atoms with Gasteiger partial charge in [-0.05, 0) is 31.2 Å². The Hall–Kier alpha value is -2.20. The molecule has 3 heterocycles. The fourth-order valence-corrected chi connectivity index (χ4v) is 4.42. The minimum Gasteiger partial charge on any atom is -0.352 e. The molecule has 2 unspecified atom stereocenters. The maximum atomic E-state index is 13.0. The van der Waals surface area contributed by atoms with Gasteiger partial charge in [0.05, 0.1) is 23.2 Å². The van der Waals surface area contributed by atoms with E-state index in [1.807, 2.05) is 6.26 Å². The van der Waals surface area contributed by atoms with Crippen LogP contribution in [0.5, 0.6) is 0 Å². The summed E-state index contributed by atoms with van der Waals surface area (Å²) in [6, 6.07) is 4.33. The molecule has 1 aromatic carbocycles. The highest BCUT2D eigenvalue weighted by Crippen LogP contribution is 2.34. The van der Waals surface area contributed by atoms with E-state index in [4.69, 9.17) is 0 Å². The smallest absolute Gasteiger partial charge is 0.332 e. The molecule has 2 saturated heterocycles. The number of piperidine rings is 1. The number of thioether (sulfide) groups is 1. The average molecular weight is 391 g/mol. The highest BCUT2D eigenvalue weighted by molar-refractivity contribution is 7.99. The van der Waals surface area contributed by atoms with Crippen LogP contribution in [0.15, 0.2) is 18.2 Å². The number of carbonyl (C=O) groups excluding carboxylic acids is 3. The Labute approximate surface area is 158 Å². The Morgan fingerprint density at radius 3 is 3.04 bits per heavy atom. The highest BCUT2D eigenvalue weighted by Gasteiger charge is 2.49. The van der Waals surface area contributed by atoms with Gasteiger partial charge in [0.2, 0.25) is 5.91 Å². The highest BCUT2D eigenvalue weighted by atomic mass is 32.2. The molecule has 0 spiro atoms. The minimum absolute atomic E-state index is 0.0390. The third-order valence-electron chi connectivity index (χ3n) is 4.69. The van der Waals surface area contributed by atoms with Crippen LogP contribution in [0.2, 0.25) is 0 Å². The number of amides is 4. The van der Waals surface area contributed by atoms with E-state index < -0.39 is 6.04 Å². The van der Waals surface area contributed by atoms with Gasteiger partial charge in [-0.1, -0.05) is 6.07 Å². The molecule has 0 saturated carbocycles. The van der Waals surface area contributed by atoms with Crippen molar-refractivity contribution in [2.24, 2.45) is 0 Å². The van der Waals surface area contributed by atoms with Crippen LogP contribution in [-0.4, -0.2) is 62.1 Å². The summed E-state index contributed by atoms with van der Waals surface area (Å²) >= 11 is 2.51. The standard InChI is InChI=1S/C16H17N5O3S2/c1-25-8-13(22)17-9-5-6-20-12(7-9)15(23)21(16(20)24)11-4-2-3-10-14(11)19-26-18-10/h2-4,9,12H,5-8H2,1H3,(H,17,22). The quantitative estimate of drug-likeness (QED) is 0.793. The van der Waals surface area contributed by atoms with E-state index in [0.29, 0.717) is 41.9 Å². The summed E-state index contributed by atoms with van der Waals surface area (Å²) in [4.78, 5) is 40.5. The molecule has 4 amide bonds. The van der Waals surface area contributed by atoms with Gasteiger partial charge in [0, 0.05) is 12.6 Å². The summed E-state index contributed by atoms with van der Waals surface area (Å²) in [7, 11) is 0. The molecule has 2 fully saturated rings. The predicted octanol–water partition coefficient (Wildman–Crippen LogP) is 1.47. The average Bonchev–Trinajstić information content (AvgIpc) is 3.19. The van der Waals surface area contributed by atoms with Crippen LogP contribution in [0.3, 0.4) is 0 Å². The number of benzene rings is 1. The second-order valence-corrected chi connectivity index (χ2v) is 7.69. The van der Waals surface area contributed by atoms with Crippen molar-refractivity contribution in [3.05, 3.63) is 18.2 Å². The second kappa shape index (κ2) is 6.84.